The average molecular weight is 217 g/mol. The van der Waals surface area contributed by atoms with Crippen LogP contribution < -0.4 is 4.90 Å². The van der Waals surface area contributed by atoms with Gasteiger partial charge in [0.25, 0.3) is 0 Å². The Hall–Kier alpha value is -1.64. The SMILES string of the molecule is C[C@@H]1C(=O)N(c2ccccc2)C(=O)C1(C)C. The molecule has 1 aromatic carbocycles. The van der Waals surface area contributed by atoms with Crippen molar-refractivity contribution < 1.29 is 9.59 Å². The first-order valence-corrected chi connectivity index (χ1v) is 5.39. The van der Waals surface area contributed by atoms with E-state index < -0.39 is 5.41 Å². The van der Waals surface area contributed by atoms with Gasteiger partial charge in [-0.3, -0.25) is 9.59 Å². The van der Waals surface area contributed by atoms with Crippen molar-refractivity contribution in [2.45, 2.75) is 20.8 Å². The van der Waals surface area contributed by atoms with Gasteiger partial charge in [0.1, 0.15) is 0 Å². The van der Waals surface area contributed by atoms with Crippen molar-refractivity contribution in [1.82, 2.24) is 0 Å². The highest BCUT2D eigenvalue weighted by Crippen LogP contribution is 2.39. The van der Waals surface area contributed by atoms with Crippen LogP contribution >= 0.6 is 0 Å². The Labute approximate surface area is 95.1 Å². The lowest BCUT2D eigenvalue weighted by Crippen LogP contribution is -2.32. The molecule has 0 bridgehead atoms. The van der Waals surface area contributed by atoms with Crippen LogP contribution in [0.1, 0.15) is 20.8 Å². The second kappa shape index (κ2) is 3.44. The molecule has 3 nitrogen and oxygen atoms in total. The van der Waals surface area contributed by atoms with Crippen LogP contribution in [0.4, 0.5) is 5.69 Å². The number of hydrogen-bond acceptors (Lipinski definition) is 2. The van der Waals surface area contributed by atoms with Gasteiger partial charge in [-0.2, -0.15) is 0 Å². The Morgan fingerprint density at radius 2 is 1.69 bits per heavy atom. The zero-order valence-corrected chi connectivity index (χ0v) is 9.73. The van der Waals surface area contributed by atoms with Crippen LogP contribution in [0, 0.1) is 11.3 Å². The third-order valence-electron chi connectivity index (χ3n) is 3.44. The van der Waals surface area contributed by atoms with Crippen LogP contribution in [0.2, 0.25) is 0 Å². The monoisotopic (exact) mass is 217 g/mol. The molecule has 1 aromatic rings. The zero-order chi connectivity index (χ0) is 11.9. The molecule has 0 unspecified atom stereocenters. The second-order valence-corrected chi connectivity index (χ2v) is 4.76. The predicted octanol–water partition coefficient (Wildman–Crippen LogP) is 2.22. The van der Waals surface area contributed by atoms with E-state index in [1.54, 1.807) is 12.1 Å². The minimum absolute atomic E-state index is 0.110. The van der Waals surface area contributed by atoms with Gasteiger partial charge in [0.2, 0.25) is 11.8 Å². The van der Waals surface area contributed by atoms with Gasteiger partial charge in [-0.1, -0.05) is 39.0 Å². The van der Waals surface area contributed by atoms with Crippen molar-refractivity contribution >= 4 is 17.5 Å². The van der Waals surface area contributed by atoms with Crippen LogP contribution in [-0.4, -0.2) is 11.8 Å². The molecule has 3 heteroatoms. The number of hydrogen-bond donors (Lipinski definition) is 0. The summed E-state index contributed by atoms with van der Waals surface area (Å²) in [6.45, 7) is 5.45. The molecular weight excluding hydrogens is 202 g/mol. The Morgan fingerprint density at radius 1 is 1.12 bits per heavy atom. The largest absolute Gasteiger partial charge is 0.274 e. The first-order chi connectivity index (χ1) is 7.46. The highest BCUT2D eigenvalue weighted by molar-refractivity contribution is 6.23. The molecule has 1 aliphatic rings. The fourth-order valence-electron chi connectivity index (χ4n) is 1.90. The van der Waals surface area contributed by atoms with Crippen molar-refractivity contribution in [3.63, 3.8) is 0 Å². The molecule has 0 aliphatic carbocycles. The second-order valence-electron chi connectivity index (χ2n) is 4.76. The summed E-state index contributed by atoms with van der Waals surface area (Å²) in [6, 6.07) is 9.08. The summed E-state index contributed by atoms with van der Waals surface area (Å²) in [6.07, 6.45) is 0. The number of amides is 2. The van der Waals surface area contributed by atoms with E-state index in [0.717, 1.165) is 0 Å². The molecule has 0 N–H and O–H groups in total. The van der Waals surface area contributed by atoms with Gasteiger partial charge in [0.15, 0.2) is 0 Å². The lowest BCUT2D eigenvalue weighted by molar-refractivity contribution is -0.125. The highest BCUT2D eigenvalue weighted by atomic mass is 16.2. The normalized spacial score (nSPS) is 23.9. The van der Waals surface area contributed by atoms with Crippen molar-refractivity contribution in [2.75, 3.05) is 4.90 Å². The molecule has 1 atom stereocenters. The summed E-state index contributed by atoms with van der Waals surface area (Å²) in [5, 5.41) is 0. The zero-order valence-electron chi connectivity index (χ0n) is 9.73. The Balaban J connectivity index is 2.45. The van der Waals surface area contributed by atoms with Crippen LogP contribution in [-0.2, 0) is 9.59 Å². The van der Waals surface area contributed by atoms with Gasteiger partial charge in [-0.05, 0) is 12.1 Å². The lowest BCUT2D eigenvalue weighted by Gasteiger charge is -2.18. The minimum Gasteiger partial charge on any atom is -0.274 e. The van der Waals surface area contributed by atoms with Crippen LogP contribution in [0.5, 0.6) is 0 Å². The van der Waals surface area contributed by atoms with E-state index in [1.807, 2.05) is 39.0 Å². The molecule has 1 fully saturated rings. The van der Waals surface area contributed by atoms with Gasteiger partial charge in [0.05, 0.1) is 17.0 Å². The molecule has 16 heavy (non-hydrogen) atoms. The third kappa shape index (κ3) is 1.35. The Morgan fingerprint density at radius 3 is 2.12 bits per heavy atom. The number of benzene rings is 1. The average Bonchev–Trinajstić information content (AvgIpc) is 2.42. The standard InChI is InChI=1S/C13H15NO2/c1-9-11(15)14(12(16)13(9,2)3)10-7-5-4-6-8-10/h4-9H,1-3H3/t9-/m1/s1. The van der Waals surface area contributed by atoms with E-state index in [2.05, 4.69) is 0 Å². The van der Waals surface area contributed by atoms with Crippen molar-refractivity contribution in [3.05, 3.63) is 30.3 Å². The molecule has 2 rings (SSSR count). The van der Waals surface area contributed by atoms with Gasteiger partial charge in [0, 0.05) is 0 Å². The van der Waals surface area contributed by atoms with E-state index in [1.165, 1.54) is 4.90 Å². The van der Waals surface area contributed by atoms with Crippen LogP contribution in [0.15, 0.2) is 30.3 Å². The quantitative estimate of drug-likeness (QED) is 0.676. The molecule has 1 heterocycles. The summed E-state index contributed by atoms with van der Waals surface area (Å²) in [5.74, 6) is -0.488. The highest BCUT2D eigenvalue weighted by Gasteiger charge is 2.51. The van der Waals surface area contributed by atoms with Crippen molar-refractivity contribution in [3.8, 4) is 0 Å². The maximum absolute atomic E-state index is 12.2. The minimum atomic E-state index is -0.604. The number of para-hydroxylation sites is 1. The number of anilines is 1. The van der Waals surface area contributed by atoms with E-state index in [9.17, 15) is 9.59 Å². The molecule has 2 amide bonds. The molecule has 84 valence electrons. The molecule has 1 saturated heterocycles. The van der Waals surface area contributed by atoms with Gasteiger partial charge in [-0.15, -0.1) is 0 Å². The van der Waals surface area contributed by atoms with E-state index in [0.29, 0.717) is 5.69 Å². The summed E-state index contributed by atoms with van der Waals surface area (Å²) in [5.41, 5.74) is 0.0577. The smallest absolute Gasteiger partial charge is 0.240 e. The topological polar surface area (TPSA) is 37.4 Å². The first kappa shape index (κ1) is 10.9. The number of nitrogens with zero attached hydrogens (tertiary/aromatic N) is 1. The summed E-state index contributed by atoms with van der Waals surface area (Å²) < 4.78 is 0. The molecule has 1 aliphatic heterocycles. The van der Waals surface area contributed by atoms with E-state index >= 15 is 0 Å². The fourth-order valence-corrected chi connectivity index (χ4v) is 1.90. The molecule has 0 radical (unpaired) electrons. The lowest BCUT2D eigenvalue weighted by atomic mass is 9.82. The van der Waals surface area contributed by atoms with Crippen molar-refractivity contribution in [1.29, 1.82) is 0 Å². The Bertz CT molecular complexity index is 437. The Kier molecular flexibility index (Phi) is 2.34. The summed E-state index contributed by atoms with van der Waals surface area (Å²) in [7, 11) is 0. The van der Waals surface area contributed by atoms with Gasteiger partial charge < -0.3 is 0 Å². The molecule has 0 saturated carbocycles. The van der Waals surface area contributed by atoms with Gasteiger partial charge >= 0.3 is 0 Å². The molecule has 0 aromatic heterocycles. The van der Waals surface area contributed by atoms with E-state index in [4.69, 9.17) is 0 Å². The maximum Gasteiger partial charge on any atom is 0.240 e. The van der Waals surface area contributed by atoms with Crippen molar-refractivity contribution in [2.24, 2.45) is 11.3 Å². The first-order valence-electron chi connectivity index (χ1n) is 5.39. The van der Waals surface area contributed by atoms with Crippen LogP contribution in [0.3, 0.4) is 0 Å². The van der Waals surface area contributed by atoms with E-state index in [-0.39, 0.29) is 17.7 Å². The number of imide groups is 1. The number of rotatable bonds is 1. The molecule has 0 spiro atoms. The number of carbonyl (C=O) groups excluding carboxylic acids is 2. The van der Waals surface area contributed by atoms with Gasteiger partial charge in [-0.25, -0.2) is 4.90 Å². The summed E-state index contributed by atoms with van der Waals surface area (Å²) in [4.78, 5) is 25.5. The predicted molar refractivity (Wildman–Crippen MR) is 61.9 cm³/mol. The fraction of sp³-hybridized carbons (Fsp3) is 0.385. The van der Waals surface area contributed by atoms with Crippen LogP contribution in [0.25, 0.3) is 0 Å². The third-order valence-corrected chi connectivity index (χ3v) is 3.44. The molecular formula is C13H15NO2. The maximum atomic E-state index is 12.2. The number of carbonyl (C=O) groups is 2. The summed E-state index contributed by atoms with van der Waals surface area (Å²) >= 11 is 0.